The highest BCUT2D eigenvalue weighted by Gasteiger charge is 2.07. The van der Waals surface area contributed by atoms with Crippen molar-refractivity contribution >= 4 is 47.8 Å². The van der Waals surface area contributed by atoms with E-state index in [0.717, 1.165) is 30.5 Å². The van der Waals surface area contributed by atoms with Gasteiger partial charge in [0, 0.05) is 21.1 Å². The van der Waals surface area contributed by atoms with Crippen molar-refractivity contribution in [2.24, 2.45) is 5.73 Å². The van der Waals surface area contributed by atoms with Crippen molar-refractivity contribution in [1.29, 1.82) is 0 Å². The third-order valence-electron chi connectivity index (χ3n) is 2.36. The maximum Gasteiger partial charge on any atom is 0.141 e. The van der Waals surface area contributed by atoms with Crippen LogP contribution in [0.2, 0.25) is 0 Å². The lowest BCUT2D eigenvalue weighted by atomic mass is 10.2. The molecule has 0 saturated heterocycles. The van der Waals surface area contributed by atoms with E-state index in [2.05, 4.69) is 47.8 Å². The molecular weight excluding hydrogens is 426 g/mol. The molecule has 18 heavy (non-hydrogen) atoms. The molecule has 2 rings (SSSR count). The fourth-order valence-electron chi connectivity index (χ4n) is 1.48. The monoisotopic (exact) mass is 433 g/mol. The zero-order valence-electron chi connectivity index (χ0n) is 9.29. The van der Waals surface area contributed by atoms with Crippen LogP contribution in [0.15, 0.2) is 49.8 Å². The number of hydrogen-bond donors (Lipinski definition) is 1. The Bertz CT molecular complexity index is 572. The summed E-state index contributed by atoms with van der Waals surface area (Å²) in [7, 11) is 0. The van der Waals surface area contributed by atoms with Gasteiger partial charge in [-0.1, -0.05) is 31.9 Å². The molecule has 0 aliphatic rings. The molecule has 2 aromatic carbocycles. The fourth-order valence-corrected chi connectivity index (χ4v) is 3.02. The molecule has 2 aromatic rings. The van der Waals surface area contributed by atoms with Gasteiger partial charge in [-0.25, -0.2) is 0 Å². The van der Waals surface area contributed by atoms with Gasteiger partial charge < -0.3 is 10.5 Å². The number of benzene rings is 2. The maximum absolute atomic E-state index is 5.87. The Morgan fingerprint density at radius 1 is 0.889 bits per heavy atom. The van der Waals surface area contributed by atoms with E-state index in [4.69, 9.17) is 10.5 Å². The van der Waals surface area contributed by atoms with Crippen molar-refractivity contribution in [2.75, 3.05) is 0 Å². The maximum atomic E-state index is 5.87. The van der Waals surface area contributed by atoms with Crippen LogP contribution in [0.25, 0.3) is 0 Å². The Morgan fingerprint density at radius 2 is 1.50 bits per heavy atom. The van der Waals surface area contributed by atoms with Gasteiger partial charge in [0.15, 0.2) is 0 Å². The molecule has 0 aliphatic carbocycles. The molecule has 0 aliphatic heterocycles. The van der Waals surface area contributed by atoms with Crippen molar-refractivity contribution in [3.8, 4) is 11.5 Å². The Balaban J connectivity index is 2.33. The molecule has 0 bridgehead atoms. The molecule has 0 fully saturated rings. The lowest BCUT2D eigenvalue weighted by molar-refractivity contribution is 0.473. The summed E-state index contributed by atoms with van der Waals surface area (Å²) in [6.45, 7) is 0.433. The highest BCUT2D eigenvalue weighted by atomic mass is 79.9. The summed E-state index contributed by atoms with van der Waals surface area (Å²) in [5.41, 5.74) is 6.67. The van der Waals surface area contributed by atoms with Gasteiger partial charge in [0.1, 0.15) is 11.5 Å². The molecule has 0 aromatic heterocycles. The predicted octanol–water partition coefficient (Wildman–Crippen LogP) is 5.23. The summed E-state index contributed by atoms with van der Waals surface area (Å²) in [6.07, 6.45) is 0. The van der Waals surface area contributed by atoms with Crippen LogP contribution in [0.1, 0.15) is 5.56 Å². The topological polar surface area (TPSA) is 35.2 Å². The molecule has 2 N–H and O–H groups in total. The summed E-state index contributed by atoms with van der Waals surface area (Å²) in [6, 6.07) is 11.6. The molecular formula is C13H10Br3NO. The first kappa shape index (κ1) is 14.1. The lowest BCUT2D eigenvalue weighted by Crippen LogP contribution is -1.99. The van der Waals surface area contributed by atoms with Crippen LogP contribution in [0.5, 0.6) is 11.5 Å². The first-order valence-electron chi connectivity index (χ1n) is 5.21. The molecule has 0 atom stereocenters. The van der Waals surface area contributed by atoms with E-state index in [1.165, 1.54) is 0 Å². The van der Waals surface area contributed by atoms with Gasteiger partial charge in [0.2, 0.25) is 0 Å². The second-order valence-corrected chi connectivity index (χ2v) is 6.32. The predicted molar refractivity (Wildman–Crippen MR) is 83.9 cm³/mol. The zero-order chi connectivity index (χ0) is 13.1. The van der Waals surface area contributed by atoms with Gasteiger partial charge in [0.25, 0.3) is 0 Å². The van der Waals surface area contributed by atoms with E-state index < -0.39 is 0 Å². The standard InChI is InChI=1S/C13H10Br3NO/c14-9-1-3-12(8(5-9)7-17)18-13-4-2-10(15)6-11(13)16/h1-6H,7,17H2. The van der Waals surface area contributed by atoms with Gasteiger partial charge in [-0.05, 0) is 52.3 Å². The number of hydrogen-bond acceptors (Lipinski definition) is 2. The molecule has 2 nitrogen and oxygen atoms in total. The van der Waals surface area contributed by atoms with E-state index in [9.17, 15) is 0 Å². The first-order valence-corrected chi connectivity index (χ1v) is 7.59. The summed E-state index contributed by atoms with van der Waals surface area (Å²) in [5.74, 6) is 1.53. The van der Waals surface area contributed by atoms with Gasteiger partial charge >= 0.3 is 0 Å². The van der Waals surface area contributed by atoms with Crippen molar-refractivity contribution in [2.45, 2.75) is 6.54 Å². The molecule has 0 amide bonds. The second kappa shape index (κ2) is 6.19. The smallest absolute Gasteiger partial charge is 0.141 e. The Kier molecular flexibility index (Phi) is 4.84. The minimum absolute atomic E-state index is 0.433. The normalized spacial score (nSPS) is 10.4. The van der Waals surface area contributed by atoms with Crippen molar-refractivity contribution < 1.29 is 4.74 Å². The van der Waals surface area contributed by atoms with E-state index in [1.807, 2.05) is 36.4 Å². The molecule has 0 spiro atoms. The largest absolute Gasteiger partial charge is 0.456 e. The lowest BCUT2D eigenvalue weighted by Gasteiger charge is -2.12. The quantitative estimate of drug-likeness (QED) is 0.716. The molecule has 0 radical (unpaired) electrons. The average molecular weight is 436 g/mol. The van der Waals surface area contributed by atoms with E-state index in [-0.39, 0.29) is 0 Å². The van der Waals surface area contributed by atoms with Gasteiger partial charge in [-0.3, -0.25) is 0 Å². The highest BCUT2D eigenvalue weighted by Crippen LogP contribution is 2.34. The van der Waals surface area contributed by atoms with Crippen LogP contribution >= 0.6 is 47.8 Å². The molecule has 0 saturated carbocycles. The summed E-state index contributed by atoms with van der Waals surface area (Å²) < 4.78 is 8.75. The van der Waals surface area contributed by atoms with Crippen molar-refractivity contribution in [1.82, 2.24) is 0 Å². The Labute approximate surface area is 131 Å². The number of ether oxygens (including phenoxy) is 1. The average Bonchev–Trinajstić information content (AvgIpc) is 2.34. The summed E-state index contributed by atoms with van der Waals surface area (Å²) >= 11 is 10.3. The highest BCUT2D eigenvalue weighted by molar-refractivity contribution is 9.11. The summed E-state index contributed by atoms with van der Waals surface area (Å²) in [4.78, 5) is 0. The van der Waals surface area contributed by atoms with Crippen LogP contribution in [0.3, 0.4) is 0 Å². The van der Waals surface area contributed by atoms with E-state index in [1.54, 1.807) is 0 Å². The van der Waals surface area contributed by atoms with E-state index in [0.29, 0.717) is 6.54 Å². The van der Waals surface area contributed by atoms with Crippen LogP contribution in [0.4, 0.5) is 0 Å². The molecule has 0 heterocycles. The third-order valence-corrected chi connectivity index (χ3v) is 3.96. The van der Waals surface area contributed by atoms with Gasteiger partial charge in [0.05, 0.1) is 4.47 Å². The van der Waals surface area contributed by atoms with Crippen LogP contribution in [-0.2, 0) is 6.54 Å². The fraction of sp³-hybridized carbons (Fsp3) is 0.0769. The number of rotatable bonds is 3. The Hall–Kier alpha value is -0.360. The second-order valence-electron chi connectivity index (χ2n) is 3.63. The SMILES string of the molecule is NCc1cc(Br)ccc1Oc1ccc(Br)cc1Br. The van der Waals surface area contributed by atoms with E-state index >= 15 is 0 Å². The van der Waals surface area contributed by atoms with Crippen LogP contribution in [-0.4, -0.2) is 0 Å². The number of halogens is 3. The Morgan fingerprint density at radius 3 is 2.11 bits per heavy atom. The summed E-state index contributed by atoms with van der Waals surface area (Å²) in [5, 5.41) is 0. The van der Waals surface area contributed by atoms with Crippen LogP contribution < -0.4 is 10.5 Å². The van der Waals surface area contributed by atoms with Crippen molar-refractivity contribution in [3.05, 3.63) is 55.4 Å². The number of nitrogens with two attached hydrogens (primary N) is 1. The van der Waals surface area contributed by atoms with Gasteiger partial charge in [-0.2, -0.15) is 0 Å². The molecule has 94 valence electrons. The molecule has 0 unspecified atom stereocenters. The minimum Gasteiger partial charge on any atom is -0.456 e. The zero-order valence-corrected chi connectivity index (χ0v) is 14.0. The minimum atomic E-state index is 0.433. The van der Waals surface area contributed by atoms with Gasteiger partial charge in [-0.15, -0.1) is 0 Å². The van der Waals surface area contributed by atoms with Crippen LogP contribution in [0, 0.1) is 0 Å². The third kappa shape index (κ3) is 3.35. The van der Waals surface area contributed by atoms with Crippen molar-refractivity contribution in [3.63, 3.8) is 0 Å². The first-order chi connectivity index (χ1) is 8.60. The molecule has 5 heteroatoms.